The van der Waals surface area contributed by atoms with E-state index in [4.69, 9.17) is 0 Å². The van der Waals surface area contributed by atoms with Gasteiger partial charge in [-0.2, -0.15) is 0 Å². The number of likely N-dealkylation sites (N-methyl/N-ethyl adjacent to an activating group) is 1. The molecule has 0 N–H and O–H groups in total. The van der Waals surface area contributed by atoms with Crippen LogP contribution in [-0.4, -0.2) is 30.8 Å². The predicted octanol–water partition coefficient (Wildman–Crippen LogP) is 2.42. The van der Waals surface area contributed by atoms with E-state index < -0.39 is 5.82 Å². The molecule has 0 aliphatic heterocycles. The molecule has 0 saturated carbocycles. The van der Waals surface area contributed by atoms with E-state index in [0.717, 1.165) is 12.1 Å². The molecule has 0 atom stereocenters. The first-order valence-electron chi connectivity index (χ1n) is 5.61. The number of carbonyl (C=O) groups is 1. The Hall–Kier alpha value is -1.29. The minimum absolute atomic E-state index is 0.133. The Balaban J connectivity index is 2.44. The highest BCUT2D eigenvalue weighted by Gasteiger charge is 2.06. The average Bonchev–Trinajstić information content (AvgIpc) is 2.27. The van der Waals surface area contributed by atoms with Gasteiger partial charge in [-0.1, -0.05) is 0 Å². The monoisotopic (exact) mass is 241 g/mol. The number of Topliss-reactive ketones (excluding diaryl/α,β-unsaturated/α-hetero) is 1. The third-order valence-corrected chi connectivity index (χ3v) is 2.62. The van der Waals surface area contributed by atoms with Gasteiger partial charge >= 0.3 is 0 Å². The van der Waals surface area contributed by atoms with Gasteiger partial charge in [0.25, 0.3) is 0 Å². The van der Waals surface area contributed by atoms with Gasteiger partial charge in [0.15, 0.2) is 0 Å². The van der Waals surface area contributed by atoms with Crippen molar-refractivity contribution in [2.24, 2.45) is 0 Å². The number of hydrogen-bond donors (Lipinski definition) is 0. The van der Waals surface area contributed by atoms with Crippen molar-refractivity contribution in [2.45, 2.75) is 19.8 Å². The molecule has 4 heteroatoms. The molecule has 0 aromatic heterocycles. The quantitative estimate of drug-likeness (QED) is 0.762. The van der Waals surface area contributed by atoms with E-state index >= 15 is 0 Å². The van der Waals surface area contributed by atoms with Crippen LogP contribution in [-0.2, 0) is 11.2 Å². The second-order valence-electron chi connectivity index (χ2n) is 4.24. The molecule has 0 amide bonds. The van der Waals surface area contributed by atoms with Crippen molar-refractivity contribution < 1.29 is 13.6 Å². The van der Waals surface area contributed by atoms with Gasteiger partial charge in [-0.15, -0.1) is 0 Å². The van der Waals surface area contributed by atoms with Crippen molar-refractivity contribution in [1.82, 2.24) is 4.90 Å². The summed E-state index contributed by atoms with van der Waals surface area (Å²) in [5.41, 5.74) is 0.375. The van der Waals surface area contributed by atoms with E-state index in [1.807, 2.05) is 11.9 Å². The van der Waals surface area contributed by atoms with Crippen molar-refractivity contribution in [1.29, 1.82) is 0 Å². The standard InChI is InChI=1S/C13H17F2NO/c1-10(17)5-7-16(2)8-6-11-9-12(14)3-4-13(11)15/h3-4,9H,5-8H2,1-2H3. The SMILES string of the molecule is CC(=O)CCN(C)CCc1cc(F)ccc1F. The Morgan fingerprint density at radius 1 is 1.29 bits per heavy atom. The van der Waals surface area contributed by atoms with E-state index in [9.17, 15) is 13.6 Å². The van der Waals surface area contributed by atoms with E-state index in [1.165, 1.54) is 6.07 Å². The molecule has 0 spiro atoms. The topological polar surface area (TPSA) is 20.3 Å². The third kappa shape index (κ3) is 5.04. The minimum atomic E-state index is -0.423. The molecule has 1 rings (SSSR count). The van der Waals surface area contributed by atoms with Gasteiger partial charge in [-0.3, -0.25) is 4.79 Å². The van der Waals surface area contributed by atoms with Crippen LogP contribution in [0.3, 0.4) is 0 Å². The molecule has 0 radical (unpaired) electrons. The molecule has 94 valence electrons. The Morgan fingerprint density at radius 3 is 2.65 bits per heavy atom. The lowest BCUT2D eigenvalue weighted by Gasteiger charge is -2.15. The predicted molar refractivity (Wildman–Crippen MR) is 62.9 cm³/mol. The van der Waals surface area contributed by atoms with Crippen molar-refractivity contribution in [3.05, 3.63) is 35.4 Å². The summed E-state index contributed by atoms with van der Waals surface area (Å²) < 4.78 is 26.2. The Morgan fingerprint density at radius 2 is 2.00 bits per heavy atom. The smallest absolute Gasteiger partial charge is 0.131 e. The van der Waals surface area contributed by atoms with Crippen LogP contribution in [0.1, 0.15) is 18.9 Å². The van der Waals surface area contributed by atoms with Crippen molar-refractivity contribution >= 4 is 5.78 Å². The van der Waals surface area contributed by atoms with Crippen molar-refractivity contribution in [3.63, 3.8) is 0 Å². The molecule has 17 heavy (non-hydrogen) atoms. The van der Waals surface area contributed by atoms with Crippen LogP contribution in [0.4, 0.5) is 8.78 Å². The summed E-state index contributed by atoms with van der Waals surface area (Å²) in [6.45, 7) is 2.79. The number of nitrogens with zero attached hydrogens (tertiary/aromatic N) is 1. The summed E-state index contributed by atoms with van der Waals surface area (Å²) in [5.74, 6) is -0.673. The molecule has 2 nitrogen and oxygen atoms in total. The summed E-state index contributed by atoms with van der Waals surface area (Å²) >= 11 is 0. The molecule has 0 aliphatic carbocycles. The largest absolute Gasteiger partial charge is 0.306 e. The van der Waals surface area contributed by atoms with Gasteiger partial charge in [-0.05, 0) is 44.2 Å². The zero-order chi connectivity index (χ0) is 12.8. The molecule has 0 unspecified atom stereocenters. The van der Waals surface area contributed by atoms with E-state index in [2.05, 4.69) is 0 Å². The molecule has 0 saturated heterocycles. The van der Waals surface area contributed by atoms with Crippen molar-refractivity contribution in [3.8, 4) is 0 Å². The van der Waals surface area contributed by atoms with Crippen LogP contribution in [0.25, 0.3) is 0 Å². The highest BCUT2D eigenvalue weighted by Crippen LogP contribution is 2.10. The van der Waals surface area contributed by atoms with Gasteiger partial charge in [0.1, 0.15) is 17.4 Å². The van der Waals surface area contributed by atoms with Gasteiger partial charge in [-0.25, -0.2) is 8.78 Å². The fourth-order valence-electron chi connectivity index (χ4n) is 1.51. The molecule has 0 bridgehead atoms. The maximum Gasteiger partial charge on any atom is 0.131 e. The number of benzene rings is 1. The lowest BCUT2D eigenvalue weighted by Crippen LogP contribution is -2.24. The molecule has 1 aromatic rings. The Bertz CT molecular complexity index is 393. The summed E-state index contributed by atoms with van der Waals surface area (Å²) in [7, 11) is 1.86. The molecular formula is C13H17F2NO. The van der Waals surface area contributed by atoms with Gasteiger partial charge in [0.2, 0.25) is 0 Å². The number of halogens is 2. The third-order valence-electron chi connectivity index (χ3n) is 2.62. The molecule has 1 aromatic carbocycles. The van der Waals surface area contributed by atoms with Gasteiger partial charge < -0.3 is 4.90 Å². The van der Waals surface area contributed by atoms with Crippen molar-refractivity contribution in [2.75, 3.05) is 20.1 Å². The Kier molecular flexibility index (Phi) is 5.22. The molecule has 0 heterocycles. The zero-order valence-electron chi connectivity index (χ0n) is 10.2. The van der Waals surface area contributed by atoms with Crippen LogP contribution >= 0.6 is 0 Å². The Labute approximate surface area is 100 Å². The highest BCUT2D eigenvalue weighted by atomic mass is 19.1. The number of rotatable bonds is 6. The number of hydrogen-bond acceptors (Lipinski definition) is 2. The first kappa shape index (κ1) is 13.8. The summed E-state index contributed by atoms with van der Waals surface area (Å²) in [5, 5.41) is 0. The van der Waals surface area contributed by atoms with E-state index in [1.54, 1.807) is 6.92 Å². The molecule has 0 fully saturated rings. The van der Waals surface area contributed by atoms with Crippen LogP contribution < -0.4 is 0 Å². The van der Waals surface area contributed by atoms with Gasteiger partial charge in [0.05, 0.1) is 0 Å². The summed E-state index contributed by atoms with van der Waals surface area (Å²) in [6, 6.07) is 3.46. The van der Waals surface area contributed by atoms with E-state index in [-0.39, 0.29) is 11.6 Å². The van der Waals surface area contributed by atoms with Crippen LogP contribution in [0.15, 0.2) is 18.2 Å². The fraction of sp³-hybridized carbons (Fsp3) is 0.462. The summed E-state index contributed by atoms with van der Waals surface area (Å²) in [6.07, 6.45) is 0.931. The van der Waals surface area contributed by atoms with Gasteiger partial charge in [0, 0.05) is 19.5 Å². The zero-order valence-corrected chi connectivity index (χ0v) is 10.2. The van der Waals surface area contributed by atoms with Crippen LogP contribution in [0.5, 0.6) is 0 Å². The first-order chi connectivity index (χ1) is 7.99. The van der Waals surface area contributed by atoms with Crippen LogP contribution in [0.2, 0.25) is 0 Å². The second-order valence-corrected chi connectivity index (χ2v) is 4.24. The normalized spacial score (nSPS) is 10.9. The molecular weight excluding hydrogens is 224 g/mol. The lowest BCUT2D eigenvalue weighted by molar-refractivity contribution is -0.117. The maximum absolute atomic E-state index is 13.3. The highest BCUT2D eigenvalue weighted by molar-refractivity contribution is 5.75. The van der Waals surface area contributed by atoms with E-state index in [0.29, 0.717) is 31.5 Å². The number of carbonyl (C=O) groups excluding carboxylic acids is 1. The van der Waals surface area contributed by atoms with Crippen LogP contribution in [0, 0.1) is 11.6 Å². The number of ketones is 1. The fourth-order valence-corrected chi connectivity index (χ4v) is 1.51. The average molecular weight is 241 g/mol. The first-order valence-corrected chi connectivity index (χ1v) is 5.61. The molecule has 0 aliphatic rings. The maximum atomic E-state index is 13.3. The lowest BCUT2D eigenvalue weighted by atomic mass is 10.1. The minimum Gasteiger partial charge on any atom is -0.306 e. The second kappa shape index (κ2) is 6.45. The summed E-state index contributed by atoms with van der Waals surface area (Å²) in [4.78, 5) is 12.7.